The van der Waals surface area contributed by atoms with Crippen LogP contribution in [0.15, 0.2) is 30.3 Å². The highest BCUT2D eigenvalue weighted by molar-refractivity contribution is 5.13. The number of benzene rings is 1. The predicted molar refractivity (Wildman–Crippen MR) is 138 cm³/mol. The van der Waals surface area contributed by atoms with Gasteiger partial charge in [-0.1, -0.05) is 30.3 Å². The van der Waals surface area contributed by atoms with Crippen LogP contribution >= 0.6 is 0 Å². The summed E-state index contributed by atoms with van der Waals surface area (Å²) in [7, 11) is 1.70. The lowest BCUT2D eigenvalue weighted by Crippen LogP contribution is -2.15. The number of aliphatic hydroxyl groups excluding tert-OH is 2. The molecule has 0 spiro atoms. The molecule has 0 saturated heterocycles. The largest absolute Gasteiger partial charge is 0.394 e. The van der Waals surface area contributed by atoms with E-state index >= 15 is 0 Å². The highest BCUT2D eigenvalue weighted by atomic mass is 16.6. The van der Waals surface area contributed by atoms with Crippen molar-refractivity contribution in [2.24, 2.45) is 0 Å². The van der Waals surface area contributed by atoms with Gasteiger partial charge in [0.05, 0.1) is 126 Å². The van der Waals surface area contributed by atoms with Gasteiger partial charge >= 0.3 is 0 Å². The second kappa shape index (κ2) is 32.8. The van der Waals surface area contributed by atoms with Crippen LogP contribution in [-0.2, 0) is 49.2 Å². The minimum absolute atomic E-state index is 0.0294. The molecule has 0 heterocycles. The smallest absolute Gasteiger partial charge is 0.0713 e. The normalized spacial score (nSPS) is 10.9. The Hall–Kier alpha value is -1.22. The Morgan fingerprint density at radius 3 is 0.946 bits per heavy atom. The Balaban J connectivity index is 0.00000120. The van der Waals surface area contributed by atoms with E-state index in [0.29, 0.717) is 112 Å². The van der Waals surface area contributed by atoms with Crippen molar-refractivity contribution >= 4 is 0 Å². The highest BCUT2D eigenvalue weighted by Gasteiger charge is 1.95. The molecule has 1 rings (SSSR count). The van der Waals surface area contributed by atoms with Gasteiger partial charge in [0.1, 0.15) is 0 Å². The SMILES string of the molecule is COCc1ccccc1.OCCOCCOCCOCCOCCOCCOCCOCCOCCO. The van der Waals surface area contributed by atoms with E-state index in [0.717, 1.165) is 0 Å². The number of methoxy groups -OCH3 is 1. The molecule has 0 atom stereocenters. The van der Waals surface area contributed by atoms with Gasteiger partial charge in [-0.15, -0.1) is 0 Å². The molecule has 218 valence electrons. The summed E-state index contributed by atoms with van der Waals surface area (Å²) in [5, 5.41) is 17.0. The maximum Gasteiger partial charge on any atom is 0.0713 e. The number of hydrogen-bond acceptors (Lipinski definition) is 11. The molecule has 1 aromatic rings. The van der Waals surface area contributed by atoms with E-state index in [9.17, 15) is 0 Å². The van der Waals surface area contributed by atoms with E-state index in [-0.39, 0.29) is 13.2 Å². The van der Waals surface area contributed by atoms with Crippen molar-refractivity contribution < 1.29 is 52.8 Å². The molecule has 0 aliphatic heterocycles. The summed E-state index contributed by atoms with van der Waals surface area (Å²) >= 11 is 0. The zero-order valence-corrected chi connectivity index (χ0v) is 22.4. The van der Waals surface area contributed by atoms with Gasteiger partial charge in [-0.2, -0.15) is 0 Å². The Morgan fingerprint density at radius 1 is 0.432 bits per heavy atom. The van der Waals surface area contributed by atoms with Crippen LogP contribution in [0.1, 0.15) is 5.56 Å². The molecule has 11 nitrogen and oxygen atoms in total. The zero-order chi connectivity index (χ0) is 26.9. The molecule has 0 aromatic heterocycles. The summed E-state index contributed by atoms with van der Waals surface area (Å²) in [6.07, 6.45) is 0. The van der Waals surface area contributed by atoms with Crippen LogP contribution in [0.5, 0.6) is 0 Å². The monoisotopic (exact) mass is 536 g/mol. The van der Waals surface area contributed by atoms with Gasteiger partial charge in [0.2, 0.25) is 0 Å². The molecular weight excluding hydrogens is 488 g/mol. The predicted octanol–water partition coefficient (Wildman–Crippen LogP) is 0.937. The van der Waals surface area contributed by atoms with Crippen LogP contribution in [0, 0.1) is 0 Å². The lowest BCUT2D eigenvalue weighted by Gasteiger charge is -2.08. The van der Waals surface area contributed by atoms with Crippen molar-refractivity contribution in [1.82, 2.24) is 0 Å². The summed E-state index contributed by atoms with van der Waals surface area (Å²) in [4.78, 5) is 0. The van der Waals surface area contributed by atoms with Gasteiger partial charge in [-0.25, -0.2) is 0 Å². The van der Waals surface area contributed by atoms with Crippen molar-refractivity contribution in [3.63, 3.8) is 0 Å². The van der Waals surface area contributed by atoms with Crippen molar-refractivity contribution in [2.75, 3.05) is 126 Å². The number of hydrogen-bond donors (Lipinski definition) is 2. The molecule has 0 unspecified atom stereocenters. The first-order valence-electron chi connectivity index (χ1n) is 12.7. The Bertz CT molecular complexity index is 497. The number of aliphatic hydroxyl groups is 2. The van der Waals surface area contributed by atoms with Crippen molar-refractivity contribution in [3.05, 3.63) is 35.9 Å². The van der Waals surface area contributed by atoms with Crippen LogP contribution < -0.4 is 0 Å². The number of ether oxygens (including phenoxy) is 9. The minimum Gasteiger partial charge on any atom is -0.394 e. The maximum atomic E-state index is 8.52. The molecule has 0 aliphatic rings. The Kier molecular flexibility index (Phi) is 31.7. The summed E-state index contributed by atoms with van der Waals surface area (Å²) in [6, 6.07) is 10.1. The standard InChI is InChI=1S/C18H38O10.C8H10O/c19-1-3-21-5-7-23-9-11-25-13-15-27-17-18-28-16-14-26-12-10-24-8-6-22-4-2-20;1-9-7-8-5-3-2-4-6-8/h19-20H,1-18H2;2-6H,7H2,1H3. The summed E-state index contributed by atoms with van der Waals surface area (Å²) in [5.74, 6) is 0. The van der Waals surface area contributed by atoms with Gasteiger partial charge < -0.3 is 52.8 Å². The van der Waals surface area contributed by atoms with Crippen molar-refractivity contribution in [2.45, 2.75) is 6.61 Å². The molecular formula is C26H48O11. The minimum atomic E-state index is 0.0294. The van der Waals surface area contributed by atoms with Crippen LogP contribution in [0.2, 0.25) is 0 Å². The van der Waals surface area contributed by atoms with Crippen LogP contribution in [-0.4, -0.2) is 136 Å². The first-order chi connectivity index (χ1) is 18.3. The highest BCUT2D eigenvalue weighted by Crippen LogP contribution is 1.98. The second-order valence-corrected chi connectivity index (χ2v) is 7.26. The van der Waals surface area contributed by atoms with Gasteiger partial charge in [0.15, 0.2) is 0 Å². The molecule has 0 amide bonds. The van der Waals surface area contributed by atoms with E-state index in [1.165, 1.54) is 5.56 Å². The fraction of sp³-hybridized carbons (Fsp3) is 0.769. The Labute approximate surface area is 221 Å². The molecule has 37 heavy (non-hydrogen) atoms. The molecule has 0 saturated carbocycles. The van der Waals surface area contributed by atoms with Gasteiger partial charge in [0, 0.05) is 7.11 Å². The lowest BCUT2D eigenvalue weighted by atomic mass is 10.2. The third-order valence-electron chi connectivity index (χ3n) is 4.23. The second-order valence-electron chi connectivity index (χ2n) is 7.26. The van der Waals surface area contributed by atoms with Gasteiger partial charge in [-0.05, 0) is 5.56 Å². The van der Waals surface area contributed by atoms with E-state index < -0.39 is 0 Å². The Morgan fingerprint density at radius 2 is 0.703 bits per heavy atom. The van der Waals surface area contributed by atoms with E-state index in [2.05, 4.69) is 0 Å². The first kappa shape index (κ1) is 35.8. The average molecular weight is 537 g/mol. The van der Waals surface area contributed by atoms with Crippen molar-refractivity contribution in [3.8, 4) is 0 Å². The molecule has 0 radical (unpaired) electrons. The summed E-state index contributed by atoms with van der Waals surface area (Å²) in [6.45, 7) is 8.50. The molecule has 0 aliphatic carbocycles. The van der Waals surface area contributed by atoms with Gasteiger partial charge in [-0.3, -0.25) is 0 Å². The fourth-order valence-electron chi connectivity index (χ4n) is 2.51. The first-order valence-corrected chi connectivity index (χ1v) is 12.7. The van der Waals surface area contributed by atoms with Crippen LogP contribution in [0.25, 0.3) is 0 Å². The van der Waals surface area contributed by atoms with Crippen LogP contribution in [0.4, 0.5) is 0 Å². The van der Waals surface area contributed by atoms with E-state index in [1.54, 1.807) is 7.11 Å². The van der Waals surface area contributed by atoms with E-state index in [4.69, 9.17) is 52.8 Å². The van der Waals surface area contributed by atoms with Crippen molar-refractivity contribution in [1.29, 1.82) is 0 Å². The summed E-state index contributed by atoms with van der Waals surface area (Å²) < 4.78 is 47.1. The maximum absolute atomic E-state index is 8.52. The topological polar surface area (TPSA) is 124 Å². The third-order valence-corrected chi connectivity index (χ3v) is 4.23. The molecule has 0 fully saturated rings. The summed E-state index contributed by atoms with van der Waals surface area (Å²) in [5.41, 5.74) is 1.22. The third kappa shape index (κ3) is 30.9. The average Bonchev–Trinajstić information content (AvgIpc) is 2.92. The number of rotatable bonds is 27. The quantitative estimate of drug-likeness (QED) is 0.156. The molecule has 0 bridgehead atoms. The van der Waals surface area contributed by atoms with E-state index in [1.807, 2.05) is 30.3 Å². The molecule has 1 aromatic carbocycles. The molecule has 11 heteroatoms. The zero-order valence-electron chi connectivity index (χ0n) is 22.4. The van der Waals surface area contributed by atoms with Gasteiger partial charge in [0.25, 0.3) is 0 Å². The molecule has 2 N–H and O–H groups in total. The lowest BCUT2D eigenvalue weighted by molar-refractivity contribution is -0.0244. The van der Waals surface area contributed by atoms with Crippen LogP contribution in [0.3, 0.4) is 0 Å². The fourth-order valence-corrected chi connectivity index (χ4v) is 2.51.